The molecule has 0 bridgehead atoms. The first kappa shape index (κ1) is 22.3. The lowest BCUT2D eigenvalue weighted by molar-refractivity contribution is -0.127. The molecular formula is C23H28ClN5O3. The van der Waals surface area contributed by atoms with Crippen molar-refractivity contribution in [1.29, 1.82) is 0 Å². The quantitative estimate of drug-likeness (QED) is 0.717. The van der Waals surface area contributed by atoms with Crippen molar-refractivity contribution in [1.82, 2.24) is 14.9 Å². The lowest BCUT2D eigenvalue weighted by atomic mass is 9.71. The maximum atomic E-state index is 13.3. The lowest BCUT2D eigenvalue weighted by Crippen LogP contribution is -2.38. The minimum Gasteiger partial charge on any atom is -0.364 e. The number of anilines is 1. The van der Waals surface area contributed by atoms with E-state index in [9.17, 15) is 14.4 Å². The van der Waals surface area contributed by atoms with Crippen molar-refractivity contribution in [3.05, 3.63) is 47.0 Å². The number of halogens is 1. The number of amides is 3. The SMILES string of the molecule is CC(C)NC(=O)c1ncn(C2CCC3(CC2)CCN(c2cccc(Cl)c2)C3=O)c1C(N)=O. The highest BCUT2D eigenvalue weighted by Crippen LogP contribution is 2.49. The van der Waals surface area contributed by atoms with Gasteiger partial charge in [0.05, 0.1) is 11.7 Å². The maximum Gasteiger partial charge on any atom is 0.272 e. The van der Waals surface area contributed by atoms with Crippen molar-refractivity contribution in [3.63, 3.8) is 0 Å². The Morgan fingerprint density at radius 1 is 1.25 bits per heavy atom. The molecule has 0 radical (unpaired) electrons. The Morgan fingerprint density at radius 3 is 2.59 bits per heavy atom. The summed E-state index contributed by atoms with van der Waals surface area (Å²) in [4.78, 5) is 44.0. The molecule has 8 nitrogen and oxygen atoms in total. The van der Waals surface area contributed by atoms with E-state index in [1.54, 1.807) is 10.6 Å². The number of nitrogens with one attached hydrogen (secondary N) is 1. The smallest absolute Gasteiger partial charge is 0.272 e. The van der Waals surface area contributed by atoms with E-state index in [0.717, 1.165) is 12.1 Å². The van der Waals surface area contributed by atoms with Crippen LogP contribution in [0.3, 0.4) is 0 Å². The van der Waals surface area contributed by atoms with Crippen LogP contribution in [-0.4, -0.2) is 39.9 Å². The van der Waals surface area contributed by atoms with E-state index in [-0.39, 0.29) is 29.4 Å². The summed E-state index contributed by atoms with van der Waals surface area (Å²) in [5.41, 5.74) is 6.22. The third-order valence-corrected chi connectivity index (χ3v) is 6.84. The maximum absolute atomic E-state index is 13.3. The van der Waals surface area contributed by atoms with Crippen molar-refractivity contribution in [2.75, 3.05) is 11.4 Å². The minimum atomic E-state index is -0.680. The molecule has 4 rings (SSSR count). The van der Waals surface area contributed by atoms with Crippen LogP contribution in [0.15, 0.2) is 30.6 Å². The predicted octanol–water partition coefficient (Wildman–Crippen LogP) is 3.31. The van der Waals surface area contributed by atoms with Gasteiger partial charge in [-0.3, -0.25) is 14.4 Å². The third-order valence-electron chi connectivity index (χ3n) is 6.60. The summed E-state index contributed by atoms with van der Waals surface area (Å²) in [5.74, 6) is -0.959. The molecule has 2 aliphatic rings. The van der Waals surface area contributed by atoms with Gasteiger partial charge in [-0.2, -0.15) is 0 Å². The van der Waals surface area contributed by atoms with Crippen LogP contribution in [0.25, 0.3) is 0 Å². The second-order valence-electron chi connectivity index (χ2n) is 9.04. The fourth-order valence-electron chi connectivity index (χ4n) is 4.99. The van der Waals surface area contributed by atoms with Gasteiger partial charge in [0.25, 0.3) is 11.8 Å². The van der Waals surface area contributed by atoms with Crippen LogP contribution in [-0.2, 0) is 4.79 Å². The molecule has 1 aliphatic carbocycles. The third kappa shape index (κ3) is 3.99. The molecule has 9 heteroatoms. The van der Waals surface area contributed by atoms with Gasteiger partial charge in [-0.1, -0.05) is 17.7 Å². The molecule has 1 saturated heterocycles. The number of hydrogen-bond acceptors (Lipinski definition) is 4. The Labute approximate surface area is 192 Å². The Balaban J connectivity index is 1.51. The van der Waals surface area contributed by atoms with E-state index in [0.29, 0.717) is 37.3 Å². The van der Waals surface area contributed by atoms with Crippen LogP contribution in [0.1, 0.15) is 73.0 Å². The first-order chi connectivity index (χ1) is 15.2. The molecule has 1 aliphatic heterocycles. The zero-order chi connectivity index (χ0) is 23.0. The molecule has 0 atom stereocenters. The standard InChI is InChI=1S/C23H28ClN5O3/c1-14(2)27-21(31)18-19(20(25)30)29(13-26-18)16-6-8-23(9-7-16)10-11-28(22(23)32)17-5-3-4-15(24)12-17/h3-5,12-14,16H,6-11H2,1-2H3,(H2,25,30)(H,27,31). The predicted molar refractivity (Wildman–Crippen MR) is 122 cm³/mol. The summed E-state index contributed by atoms with van der Waals surface area (Å²) < 4.78 is 1.72. The molecular weight excluding hydrogens is 430 g/mol. The highest BCUT2D eigenvalue weighted by atomic mass is 35.5. The van der Waals surface area contributed by atoms with Gasteiger partial charge in [0.1, 0.15) is 5.69 Å². The summed E-state index contributed by atoms with van der Waals surface area (Å²) in [5, 5.41) is 3.37. The van der Waals surface area contributed by atoms with Crippen molar-refractivity contribution in [2.45, 2.75) is 58.0 Å². The Bertz CT molecular complexity index is 1060. The van der Waals surface area contributed by atoms with Gasteiger partial charge >= 0.3 is 0 Å². The van der Waals surface area contributed by atoms with Gasteiger partial charge in [-0.25, -0.2) is 4.98 Å². The fraction of sp³-hybridized carbons (Fsp3) is 0.478. The van der Waals surface area contributed by atoms with Gasteiger partial charge in [-0.05, 0) is 64.2 Å². The van der Waals surface area contributed by atoms with Gasteiger partial charge in [0, 0.05) is 29.3 Å². The van der Waals surface area contributed by atoms with Gasteiger partial charge in [0.15, 0.2) is 5.69 Å². The molecule has 0 unspecified atom stereocenters. The Kier molecular flexibility index (Phi) is 5.99. The highest BCUT2D eigenvalue weighted by molar-refractivity contribution is 6.31. The molecule has 1 aromatic carbocycles. The number of carbonyl (C=O) groups excluding carboxylic acids is 3. The molecule has 170 valence electrons. The zero-order valence-electron chi connectivity index (χ0n) is 18.3. The molecule has 3 amide bonds. The number of primary amides is 1. The molecule has 1 aromatic heterocycles. The van der Waals surface area contributed by atoms with E-state index in [1.807, 2.05) is 36.9 Å². The van der Waals surface area contributed by atoms with Crippen molar-refractivity contribution in [3.8, 4) is 0 Å². The van der Waals surface area contributed by atoms with Crippen LogP contribution in [0.2, 0.25) is 5.02 Å². The highest BCUT2D eigenvalue weighted by Gasteiger charge is 2.49. The average molecular weight is 458 g/mol. The van der Waals surface area contributed by atoms with Crippen molar-refractivity contribution >= 4 is 35.0 Å². The number of imidazole rings is 1. The van der Waals surface area contributed by atoms with Crippen LogP contribution in [0, 0.1) is 5.41 Å². The van der Waals surface area contributed by atoms with Gasteiger partial charge in [0.2, 0.25) is 5.91 Å². The van der Waals surface area contributed by atoms with E-state index in [4.69, 9.17) is 17.3 Å². The molecule has 1 saturated carbocycles. The molecule has 2 fully saturated rings. The largest absolute Gasteiger partial charge is 0.364 e. The summed E-state index contributed by atoms with van der Waals surface area (Å²) in [7, 11) is 0. The summed E-state index contributed by atoms with van der Waals surface area (Å²) in [6.45, 7) is 4.34. The van der Waals surface area contributed by atoms with E-state index in [2.05, 4.69) is 10.3 Å². The molecule has 32 heavy (non-hydrogen) atoms. The number of hydrogen-bond donors (Lipinski definition) is 2. The summed E-state index contributed by atoms with van der Waals surface area (Å²) in [6, 6.07) is 7.25. The number of carbonyl (C=O) groups is 3. The first-order valence-corrected chi connectivity index (χ1v) is 11.3. The van der Waals surface area contributed by atoms with Crippen molar-refractivity contribution < 1.29 is 14.4 Å². The number of rotatable bonds is 5. The number of nitrogens with two attached hydrogens (primary N) is 1. The number of nitrogens with zero attached hydrogens (tertiary/aromatic N) is 3. The monoisotopic (exact) mass is 457 g/mol. The first-order valence-electron chi connectivity index (χ1n) is 11.0. The van der Waals surface area contributed by atoms with E-state index < -0.39 is 17.2 Å². The molecule has 2 heterocycles. The second kappa shape index (κ2) is 8.58. The molecule has 3 N–H and O–H groups in total. The normalized spacial score (nSPS) is 23.2. The number of aromatic nitrogens is 2. The Hall–Kier alpha value is -2.87. The van der Waals surface area contributed by atoms with Crippen LogP contribution < -0.4 is 16.0 Å². The fourth-order valence-corrected chi connectivity index (χ4v) is 5.17. The zero-order valence-corrected chi connectivity index (χ0v) is 19.1. The van der Waals surface area contributed by atoms with E-state index in [1.165, 1.54) is 6.33 Å². The topological polar surface area (TPSA) is 110 Å². The van der Waals surface area contributed by atoms with Gasteiger partial charge in [-0.15, -0.1) is 0 Å². The molecule has 2 aromatic rings. The average Bonchev–Trinajstić information content (AvgIpc) is 3.31. The van der Waals surface area contributed by atoms with Gasteiger partial charge < -0.3 is 20.5 Å². The van der Waals surface area contributed by atoms with Crippen LogP contribution >= 0.6 is 11.6 Å². The van der Waals surface area contributed by atoms with Crippen molar-refractivity contribution in [2.24, 2.45) is 11.1 Å². The van der Waals surface area contributed by atoms with Crippen LogP contribution in [0.4, 0.5) is 5.69 Å². The molecule has 1 spiro atoms. The lowest BCUT2D eigenvalue weighted by Gasteiger charge is -2.36. The minimum absolute atomic E-state index is 0.0377. The number of benzene rings is 1. The second-order valence-corrected chi connectivity index (χ2v) is 9.48. The van der Waals surface area contributed by atoms with Crippen LogP contribution in [0.5, 0.6) is 0 Å². The Morgan fingerprint density at radius 2 is 1.97 bits per heavy atom. The van der Waals surface area contributed by atoms with E-state index >= 15 is 0 Å². The summed E-state index contributed by atoms with van der Waals surface area (Å²) >= 11 is 6.11. The summed E-state index contributed by atoms with van der Waals surface area (Å²) in [6.07, 6.45) is 5.13.